The van der Waals surface area contributed by atoms with Gasteiger partial charge >= 0.3 is 0 Å². The van der Waals surface area contributed by atoms with Crippen molar-refractivity contribution in [3.05, 3.63) is 51.4 Å². The van der Waals surface area contributed by atoms with E-state index in [1.807, 2.05) is 12.1 Å². The molecule has 130 valence electrons. The van der Waals surface area contributed by atoms with Crippen LogP contribution in [0.25, 0.3) is 17.2 Å². The van der Waals surface area contributed by atoms with Crippen LogP contribution in [0.3, 0.4) is 0 Å². The minimum Gasteiger partial charge on any atom is -0.297 e. The maximum atomic E-state index is 12.4. The molecule has 1 aliphatic rings. The van der Waals surface area contributed by atoms with Crippen molar-refractivity contribution in [3.8, 4) is 11.4 Å². The Morgan fingerprint density at radius 1 is 1.20 bits per heavy atom. The maximum Gasteiger partial charge on any atom is 0.274 e. The molecule has 0 amide bonds. The molecule has 3 aromatic rings. The van der Waals surface area contributed by atoms with Gasteiger partial charge in [0.25, 0.3) is 11.3 Å². The molecule has 0 spiro atoms. The molecular weight excluding hydrogens is 338 g/mol. The summed E-state index contributed by atoms with van der Waals surface area (Å²) in [4.78, 5) is 23.8. The van der Waals surface area contributed by atoms with Gasteiger partial charge in [-0.15, -0.1) is 0 Å². The third-order valence-corrected chi connectivity index (χ3v) is 5.02. The molecule has 1 N–H and O–H groups in total. The second-order valence-corrected chi connectivity index (χ2v) is 7.20. The number of nitrogens with one attached hydrogen (secondary N) is 1. The number of aromatic nitrogens is 4. The van der Waals surface area contributed by atoms with Crippen LogP contribution >= 0.6 is 11.6 Å². The number of nitrogens with zero attached hydrogens (tertiary/aromatic N) is 4. The third kappa shape index (κ3) is 3.45. The van der Waals surface area contributed by atoms with E-state index in [4.69, 9.17) is 11.6 Å². The molecule has 1 aromatic carbocycles. The van der Waals surface area contributed by atoms with Crippen LogP contribution < -0.4 is 5.56 Å². The van der Waals surface area contributed by atoms with Gasteiger partial charge < -0.3 is 0 Å². The highest BCUT2D eigenvalue weighted by Crippen LogP contribution is 2.19. The van der Waals surface area contributed by atoms with Crippen LogP contribution in [0.1, 0.15) is 25.5 Å². The number of aromatic amines is 1. The van der Waals surface area contributed by atoms with Crippen molar-refractivity contribution in [3.63, 3.8) is 0 Å². The number of fused-ring (bicyclic) bond motifs is 1. The molecule has 7 heteroatoms. The standard InChI is InChI=1S/C18H20ClN5O/c1-12-6-8-23(9-7-12)11-15-10-16(25)24-18(20-15)21-17(22-24)13-2-4-14(19)5-3-13/h2-5,10,12H,6-9,11H2,1H3,(H,20,21,22). The van der Waals surface area contributed by atoms with E-state index in [1.54, 1.807) is 18.2 Å². The number of H-pyrrole nitrogens is 1. The summed E-state index contributed by atoms with van der Waals surface area (Å²) in [5.74, 6) is 1.79. The highest BCUT2D eigenvalue weighted by atomic mass is 35.5. The van der Waals surface area contributed by atoms with Gasteiger partial charge in [-0.3, -0.25) is 14.8 Å². The molecule has 2 aromatic heterocycles. The predicted octanol–water partition coefficient (Wildman–Crippen LogP) is 2.97. The van der Waals surface area contributed by atoms with E-state index in [0.717, 1.165) is 30.3 Å². The fraction of sp³-hybridized carbons (Fsp3) is 0.389. The van der Waals surface area contributed by atoms with Crippen molar-refractivity contribution >= 4 is 17.4 Å². The van der Waals surface area contributed by atoms with Crippen molar-refractivity contribution in [1.82, 2.24) is 24.5 Å². The Hall–Kier alpha value is -2.18. The van der Waals surface area contributed by atoms with Gasteiger partial charge in [-0.2, -0.15) is 9.50 Å². The van der Waals surface area contributed by atoms with E-state index < -0.39 is 0 Å². The Bertz CT molecular complexity index is 938. The second-order valence-electron chi connectivity index (χ2n) is 6.76. The summed E-state index contributed by atoms with van der Waals surface area (Å²) in [6.07, 6.45) is 2.40. The molecule has 6 nitrogen and oxygen atoms in total. The lowest BCUT2D eigenvalue weighted by atomic mass is 9.99. The summed E-state index contributed by atoms with van der Waals surface area (Å²) in [6.45, 7) is 5.09. The van der Waals surface area contributed by atoms with Crippen LogP contribution in [-0.4, -0.2) is 37.6 Å². The van der Waals surface area contributed by atoms with Crippen LogP contribution in [0.4, 0.5) is 0 Å². The Balaban J connectivity index is 1.63. The topological polar surface area (TPSA) is 66.3 Å². The molecule has 0 bridgehead atoms. The fourth-order valence-corrected chi connectivity index (χ4v) is 3.32. The Morgan fingerprint density at radius 2 is 1.92 bits per heavy atom. The van der Waals surface area contributed by atoms with Gasteiger partial charge in [0.15, 0.2) is 5.82 Å². The number of rotatable bonds is 3. The van der Waals surface area contributed by atoms with Gasteiger partial charge in [0.2, 0.25) is 0 Å². The molecule has 0 atom stereocenters. The van der Waals surface area contributed by atoms with E-state index in [1.165, 1.54) is 17.4 Å². The normalized spacial score (nSPS) is 16.6. The number of hydrogen-bond donors (Lipinski definition) is 1. The summed E-state index contributed by atoms with van der Waals surface area (Å²) < 4.78 is 1.38. The smallest absolute Gasteiger partial charge is 0.274 e. The van der Waals surface area contributed by atoms with Crippen LogP contribution in [0.5, 0.6) is 0 Å². The van der Waals surface area contributed by atoms with Crippen LogP contribution in [0, 0.1) is 5.92 Å². The van der Waals surface area contributed by atoms with Crippen LogP contribution in [0.2, 0.25) is 5.02 Å². The maximum absolute atomic E-state index is 12.4. The lowest BCUT2D eigenvalue weighted by Crippen LogP contribution is -2.33. The summed E-state index contributed by atoms with van der Waals surface area (Å²) in [5.41, 5.74) is 1.49. The van der Waals surface area contributed by atoms with Gasteiger partial charge in [-0.1, -0.05) is 18.5 Å². The van der Waals surface area contributed by atoms with Crippen LogP contribution in [-0.2, 0) is 6.54 Å². The molecule has 1 fully saturated rings. The summed E-state index contributed by atoms with van der Waals surface area (Å²) in [5, 5.41) is 3.67. The number of halogens is 1. The Labute approximate surface area is 150 Å². The SMILES string of the molecule is CC1CCN(Cc2cc(=O)n3[nH]c(-c4ccc(Cl)cc4)nc3n2)CC1. The first-order valence-electron chi connectivity index (χ1n) is 8.55. The van der Waals surface area contributed by atoms with Crippen molar-refractivity contribution in [2.75, 3.05) is 13.1 Å². The van der Waals surface area contributed by atoms with E-state index >= 15 is 0 Å². The first-order valence-corrected chi connectivity index (χ1v) is 8.93. The number of hydrogen-bond acceptors (Lipinski definition) is 4. The van der Waals surface area contributed by atoms with Crippen molar-refractivity contribution in [2.45, 2.75) is 26.3 Å². The first kappa shape index (κ1) is 16.3. The molecule has 25 heavy (non-hydrogen) atoms. The zero-order valence-corrected chi connectivity index (χ0v) is 14.8. The van der Waals surface area contributed by atoms with E-state index in [0.29, 0.717) is 23.2 Å². The molecule has 4 rings (SSSR count). The quantitative estimate of drug-likeness (QED) is 0.782. The highest BCUT2D eigenvalue weighted by molar-refractivity contribution is 6.30. The molecule has 1 saturated heterocycles. The van der Waals surface area contributed by atoms with E-state index in [-0.39, 0.29) is 5.56 Å². The Morgan fingerprint density at radius 3 is 2.64 bits per heavy atom. The van der Waals surface area contributed by atoms with Gasteiger partial charge in [-0.05, 0) is 56.1 Å². The summed E-state index contributed by atoms with van der Waals surface area (Å²) in [7, 11) is 0. The largest absolute Gasteiger partial charge is 0.297 e. The zero-order chi connectivity index (χ0) is 17.4. The van der Waals surface area contributed by atoms with E-state index in [2.05, 4.69) is 26.9 Å². The monoisotopic (exact) mass is 357 g/mol. The average Bonchev–Trinajstić information content (AvgIpc) is 3.02. The van der Waals surface area contributed by atoms with Crippen molar-refractivity contribution in [2.24, 2.45) is 5.92 Å². The third-order valence-electron chi connectivity index (χ3n) is 4.76. The molecule has 0 unspecified atom stereocenters. The molecular formula is C18H20ClN5O. The van der Waals surface area contributed by atoms with E-state index in [9.17, 15) is 4.79 Å². The molecule has 0 radical (unpaired) electrons. The molecule has 3 heterocycles. The molecule has 0 saturated carbocycles. The lowest BCUT2D eigenvalue weighted by Gasteiger charge is -2.29. The fourth-order valence-electron chi connectivity index (χ4n) is 3.19. The summed E-state index contributed by atoms with van der Waals surface area (Å²) >= 11 is 5.92. The molecule has 0 aliphatic carbocycles. The van der Waals surface area contributed by atoms with Crippen LogP contribution in [0.15, 0.2) is 35.1 Å². The second kappa shape index (κ2) is 6.61. The van der Waals surface area contributed by atoms with Gasteiger partial charge in [0, 0.05) is 23.2 Å². The number of likely N-dealkylation sites (tertiary alicyclic amines) is 1. The molecule has 1 aliphatic heterocycles. The number of benzene rings is 1. The van der Waals surface area contributed by atoms with Gasteiger partial charge in [-0.25, -0.2) is 4.98 Å². The zero-order valence-electron chi connectivity index (χ0n) is 14.1. The Kier molecular flexibility index (Phi) is 4.31. The minimum atomic E-state index is -0.141. The highest BCUT2D eigenvalue weighted by Gasteiger charge is 2.17. The van der Waals surface area contributed by atoms with Gasteiger partial charge in [0.05, 0.1) is 5.69 Å². The lowest BCUT2D eigenvalue weighted by molar-refractivity contribution is 0.183. The van der Waals surface area contributed by atoms with Crippen molar-refractivity contribution in [1.29, 1.82) is 0 Å². The van der Waals surface area contributed by atoms with Gasteiger partial charge in [0.1, 0.15) is 0 Å². The van der Waals surface area contributed by atoms with Crippen molar-refractivity contribution < 1.29 is 0 Å². The number of piperidine rings is 1. The average molecular weight is 358 g/mol. The predicted molar refractivity (Wildman–Crippen MR) is 97.7 cm³/mol. The first-order chi connectivity index (χ1) is 12.1. The minimum absolute atomic E-state index is 0.141. The summed E-state index contributed by atoms with van der Waals surface area (Å²) in [6, 6.07) is 8.91.